The topological polar surface area (TPSA) is 44.4 Å². The number of rotatable bonds is 1. The quantitative estimate of drug-likeness (QED) is 0.814. The minimum Gasteiger partial charge on any atom is -0.323 e. The molecule has 102 valence electrons. The lowest BCUT2D eigenvalue weighted by Gasteiger charge is -2.24. The maximum atomic E-state index is 13.5. The minimum atomic E-state index is -0.398. The van der Waals surface area contributed by atoms with Gasteiger partial charge in [-0.05, 0) is 37.4 Å². The van der Waals surface area contributed by atoms with Crippen molar-refractivity contribution in [1.29, 1.82) is 0 Å². The van der Waals surface area contributed by atoms with Crippen molar-refractivity contribution in [1.82, 2.24) is 10.2 Å². The average Bonchev–Trinajstić information content (AvgIpc) is 2.85. The Morgan fingerprint density at radius 1 is 1.37 bits per heavy atom. The fourth-order valence-electron chi connectivity index (χ4n) is 2.97. The number of carbonyl (C=O) groups is 1. The van der Waals surface area contributed by atoms with Crippen molar-refractivity contribution < 1.29 is 9.18 Å². The van der Waals surface area contributed by atoms with E-state index < -0.39 is 5.82 Å². The molecule has 2 heterocycles. The highest BCUT2D eigenvalue weighted by molar-refractivity contribution is 5.89. The molecule has 2 saturated heterocycles. The van der Waals surface area contributed by atoms with Crippen molar-refractivity contribution >= 4 is 11.7 Å². The third-order valence-electron chi connectivity index (χ3n) is 4.00. The second kappa shape index (κ2) is 5.17. The maximum Gasteiger partial charge on any atom is 0.321 e. The first kappa shape index (κ1) is 12.4. The lowest BCUT2D eigenvalue weighted by molar-refractivity contribution is 0.220. The fourth-order valence-corrected chi connectivity index (χ4v) is 2.97. The number of nitrogens with one attached hydrogen (secondary N) is 2. The molecule has 1 aromatic carbocycles. The summed E-state index contributed by atoms with van der Waals surface area (Å²) in [5, 5.41) is 6.09. The van der Waals surface area contributed by atoms with Gasteiger partial charge < -0.3 is 15.5 Å². The summed E-state index contributed by atoms with van der Waals surface area (Å²) < 4.78 is 13.5. The molecule has 1 aromatic rings. The third kappa shape index (κ3) is 2.56. The third-order valence-corrected chi connectivity index (χ3v) is 4.00. The number of halogens is 1. The zero-order valence-corrected chi connectivity index (χ0v) is 10.7. The number of urea groups is 1. The highest BCUT2D eigenvalue weighted by atomic mass is 19.1. The Kier molecular flexibility index (Phi) is 3.38. The van der Waals surface area contributed by atoms with Crippen molar-refractivity contribution in [3.63, 3.8) is 0 Å². The Hall–Kier alpha value is -1.62. The Bertz CT molecular complexity index is 466. The summed E-state index contributed by atoms with van der Waals surface area (Å²) in [6, 6.07) is 6.44. The number of likely N-dealkylation sites (tertiary alicyclic amines) is 1. The normalized spacial score (nSPS) is 26.1. The van der Waals surface area contributed by atoms with Crippen LogP contribution in [0, 0.1) is 11.7 Å². The molecule has 19 heavy (non-hydrogen) atoms. The summed E-state index contributed by atoms with van der Waals surface area (Å²) in [6.07, 6.45) is 2.34. The molecule has 2 fully saturated rings. The molecule has 0 saturated carbocycles. The van der Waals surface area contributed by atoms with Crippen LogP contribution in [0.15, 0.2) is 24.3 Å². The molecule has 2 unspecified atom stereocenters. The molecule has 0 bridgehead atoms. The molecule has 4 nitrogen and oxygen atoms in total. The number of anilines is 1. The highest BCUT2D eigenvalue weighted by Crippen LogP contribution is 2.25. The lowest BCUT2D eigenvalue weighted by atomic mass is 9.94. The van der Waals surface area contributed by atoms with Gasteiger partial charge in [0.15, 0.2) is 0 Å². The zero-order valence-electron chi connectivity index (χ0n) is 10.7. The van der Waals surface area contributed by atoms with Crippen molar-refractivity contribution in [2.45, 2.75) is 18.9 Å². The average molecular weight is 263 g/mol. The molecular weight excluding hydrogens is 245 g/mol. The van der Waals surface area contributed by atoms with Gasteiger partial charge in [0.05, 0.1) is 5.69 Å². The van der Waals surface area contributed by atoms with Crippen LogP contribution in [0.25, 0.3) is 0 Å². The maximum absolute atomic E-state index is 13.5. The Morgan fingerprint density at radius 2 is 2.21 bits per heavy atom. The van der Waals surface area contributed by atoms with Crippen LogP contribution < -0.4 is 10.6 Å². The summed E-state index contributed by atoms with van der Waals surface area (Å²) in [6.45, 7) is 2.51. The molecule has 5 heteroatoms. The van der Waals surface area contributed by atoms with Gasteiger partial charge in [-0.25, -0.2) is 9.18 Å². The number of amides is 2. The van der Waals surface area contributed by atoms with E-state index in [1.165, 1.54) is 18.9 Å². The Morgan fingerprint density at radius 3 is 3.00 bits per heavy atom. The van der Waals surface area contributed by atoms with Crippen LogP contribution in [0.1, 0.15) is 12.8 Å². The first-order valence-corrected chi connectivity index (χ1v) is 6.78. The Labute approximate surface area is 112 Å². The van der Waals surface area contributed by atoms with Crippen LogP contribution >= 0.6 is 0 Å². The van der Waals surface area contributed by atoms with E-state index in [9.17, 15) is 9.18 Å². The summed E-state index contributed by atoms with van der Waals surface area (Å²) in [5.41, 5.74) is 0.246. The first-order chi connectivity index (χ1) is 9.24. The van der Waals surface area contributed by atoms with Gasteiger partial charge >= 0.3 is 6.03 Å². The molecule has 2 aliphatic rings. The summed E-state index contributed by atoms with van der Waals surface area (Å²) in [5.74, 6) is 0.144. The van der Waals surface area contributed by atoms with Crippen molar-refractivity contribution in [2.24, 2.45) is 5.92 Å². The van der Waals surface area contributed by atoms with Gasteiger partial charge in [0.25, 0.3) is 0 Å². The molecule has 2 atom stereocenters. The Balaban J connectivity index is 1.64. The number of para-hydroxylation sites is 1. The van der Waals surface area contributed by atoms with Crippen LogP contribution in [-0.2, 0) is 0 Å². The van der Waals surface area contributed by atoms with Crippen LogP contribution in [0.2, 0.25) is 0 Å². The van der Waals surface area contributed by atoms with E-state index in [4.69, 9.17) is 0 Å². The molecule has 2 amide bonds. The number of benzene rings is 1. The van der Waals surface area contributed by atoms with Crippen LogP contribution in [0.5, 0.6) is 0 Å². The number of fused-ring (bicyclic) bond motifs is 1. The van der Waals surface area contributed by atoms with E-state index in [-0.39, 0.29) is 11.7 Å². The van der Waals surface area contributed by atoms with E-state index in [1.807, 2.05) is 0 Å². The second-order valence-corrected chi connectivity index (χ2v) is 5.28. The van der Waals surface area contributed by atoms with Gasteiger partial charge in [-0.15, -0.1) is 0 Å². The largest absolute Gasteiger partial charge is 0.323 e. The summed E-state index contributed by atoms with van der Waals surface area (Å²) >= 11 is 0. The van der Waals surface area contributed by atoms with Gasteiger partial charge in [0.1, 0.15) is 5.82 Å². The molecule has 3 rings (SSSR count). The fraction of sp³-hybridized carbons (Fsp3) is 0.500. The molecular formula is C14H18FN3O. The van der Waals surface area contributed by atoms with Crippen molar-refractivity contribution in [3.05, 3.63) is 30.1 Å². The van der Waals surface area contributed by atoms with E-state index in [1.54, 1.807) is 23.1 Å². The number of nitrogens with zero attached hydrogens (tertiary/aromatic N) is 1. The van der Waals surface area contributed by atoms with Gasteiger partial charge in [-0.1, -0.05) is 12.1 Å². The van der Waals surface area contributed by atoms with Gasteiger partial charge in [-0.3, -0.25) is 0 Å². The van der Waals surface area contributed by atoms with Gasteiger partial charge in [-0.2, -0.15) is 0 Å². The molecule has 2 N–H and O–H groups in total. The summed E-state index contributed by atoms with van der Waals surface area (Å²) in [7, 11) is 0. The minimum absolute atomic E-state index is 0.207. The van der Waals surface area contributed by atoms with Gasteiger partial charge in [0.2, 0.25) is 0 Å². The number of hydrogen-bond donors (Lipinski definition) is 2. The van der Waals surface area contributed by atoms with E-state index >= 15 is 0 Å². The second-order valence-electron chi connectivity index (χ2n) is 5.28. The molecule has 2 aliphatic heterocycles. The highest BCUT2D eigenvalue weighted by Gasteiger charge is 2.36. The van der Waals surface area contributed by atoms with E-state index in [0.717, 1.165) is 13.1 Å². The molecule has 0 radical (unpaired) electrons. The van der Waals surface area contributed by atoms with E-state index in [0.29, 0.717) is 18.5 Å². The first-order valence-electron chi connectivity index (χ1n) is 6.78. The summed E-state index contributed by atoms with van der Waals surface area (Å²) in [4.78, 5) is 13.9. The zero-order chi connectivity index (χ0) is 13.2. The smallest absolute Gasteiger partial charge is 0.321 e. The van der Waals surface area contributed by atoms with Crippen LogP contribution in [-0.4, -0.2) is 36.6 Å². The lowest BCUT2D eigenvalue weighted by Crippen LogP contribution is -2.41. The standard InChI is InChI=1S/C14H18FN3O/c15-11-5-1-2-6-12(11)17-14(19)18-8-10-4-3-7-16-13(10)9-18/h1-2,5-6,10,13,16H,3-4,7-9H2,(H,17,19). The number of piperidine rings is 1. The van der Waals surface area contributed by atoms with Gasteiger partial charge in [0, 0.05) is 19.1 Å². The SMILES string of the molecule is O=C(Nc1ccccc1F)N1CC2CCCNC2C1. The van der Waals surface area contributed by atoms with Crippen LogP contribution in [0.4, 0.5) is 14.9 Å². The monoisotopic (exact) mass is 263 g/mol. The predicted octanol–water partition coefficient (Wildman–Crippen LogP) is 2.04. The van der Waals surface area contributed by atoms with Crippen molar-refractivity contribution in [3.8, 4) is 0 Å². The predicted molar refractivity (Wildman–Crippen MR) is 71.5 cm³/mol. The number of hydrogen-bond acceptors (Lipinski definition) is 2. The molecule has 0 aliphatic carbocycles. The van der Waals surface area contributed by atoms with E-state index in [2.05, 4.69) is 10.6 Å². The van der Waals surface area contributed by atoms with Crippen LogP contribution in [0.3, 0.4) is 0 Å². The number of carbonyl (C=O) groups excluding carboxylic acids is 1. The van der Waals surface area contributed by atoms with Crippen molar-refractivity contribution in [2.75, 3.05) is 25.0 Å². The molecule has 0 aromatic heterocycles. The molecule has 0 spiro atoms.